The summed E-state index contributed by atoms with van der Waals surface area (Å²) >= 11 is 1.78. The summed E-state index contributed by atoms with van der Waals surface area (Å²) < 4.78 is 0. The van der Waals surface area contributed by atoms with E-state index in [1.54, 1.807) is 23.9 Å². The third-order valence-electron chi connectivity index (χ3n) is 3.01. The van der Waals surface area contributed by atoms with Gasteiger partial charge in [-0.15, -0.1) is 0 Å². The third kappa shape index (κ3) is 5.43. The quantitative estimate of drug-likeness (QED) is 0.509. The van der Waals surface area contributed by atoms with E-state index >= 15 is 0 Å². The Morgan fingerprint density at radius 2 is 2.20 bits per heavy atom. The van der Waals surface area contributed by atoms with Gasteiger partial charge in [-0.3, -0.25) is 4.79 Å². The minimum Gasteiger partial charge on any atom is -0.508 e. The van der Waals surface area contributed by atoms with Gasteiger partial charge in [0.1, 0.15) is 5.75 Å². The summed E-state index contributed by atoms with van der Waals surface area (Å²) in [5.74, 6) is 1.28. The molecule has 0 bridgehead atoms. The van der Waals surface area contributed by atoms with Crippen LogP contribution in [0, 0.1) is 0 Å². The number of benzene rings is 1. The molecular weight excluding hydrogens is 272 g/mol. The minimum atomic E-state index is 0.00661. The number of amides is 1. The number of hydrogen-bond donors (Lipinski definition) is 3. The van der Waals surface area contributed by atoms with Gasteiger partial charge >= 0.3 is 0 Å². The van der Waals surface area contributed by atoms with Crippen molar-refractivity contribution in [2.24, 2.45) is 0 Å². The van der Waals surface area contributed by atoms with E-state index < -0.39 is 0 Å². The van der Waals surface area contributed by atoms with Gasteiger partial charge in [-0.1, -0.05) is 6.92 Å². The van der Waals surface area contributed by atoms with Crippen LogP contribution in [0.15, 0.2) is 18.2 Å². The Morgan fingerprint density at radius 3 is 2.85 bits per heavy atom. The fourth-order valence-corrected chi connectivity index (χ4v) is 2.24. The summed E-state index contributed by atoms with van der Waals surface area (Å²) in [6.07, 6.45) is 3.40. The number of aromatic hydroxyl groups is 1. The molecular formula is C15H24N2O2S. The maximum absolute atomic E-state index is 11.6. The van der Waals surface area contributed by atoms with Gasteiger partial charge in [0, 0.05) is 36.0 Å². The van der Waals surface area contributed by atoms with Crippen molar-refractivity contribution >= 4 is 23.4 Å². The van der Waals surface area contributed by atoms with Gasteiger partial charge in [0.15, 0.2) is 0 Å². The monoisotopic (exact) mass is 296 g/mol. The van der Waals surface area contributed by atoms with Gasteiger partial charge < -0.3 is 15.7 Å². The van der Waals surface area contributed by atoms with Gasteiger partial charge in [-0.2, -0.15) is 11.8 Å². The molecule has 1 amide bonds. The molecule has 0 aliphatic rings. The van der Waals surface area contributed by atoms with Gasteiger partial charge in [-0.05, 0) is 37.8 Å². The van der Waals surface area contributed by atoms with Crippen LogP contribution in [0.25, 0.3) is 0 Å². The Balaban J connectivity index is 2.72. The lowest BCUT2D eigenvalue weighted by Crippen LogP contribution is -2.21. The van der Waals surface area contributed by atoms with Crippen molar-refractivity contribution in [2.75, 3.05) is 23.9 Å². The van der Waals surface area contributed by atoms with Crippen LogP contribution in [0.1, 0.15) is 38.3 Å². The predicted octanol–water partition coefficient (Wildman–Crippen LogP) is 3.14. The Bertz CT molecular complexity index is 438. The first-order valence-corrected chi connectivity index (χ1v) is 8.33. The largest absolute Gasteiger partial charge is 0.508 e. The molecule has 0 spiro atoms. The van der Waals surface area contributed by atoms with E-state index in [1.807, 2.05) is 19.9 Å². The number of nitrogens with one attached hydrogen (secondary N) is 2. The number of phenols is 1. The summed E-state index contributed by atoms with van der Waals surface area (Å²) in [5, 5.41) is 16.1. The number of rotatable bonds is 8. The Kier molecular flexibility index (Phi) is 7.47. The number of phenolic OH excluding ortho intramolecular Hbond substituents is 1. The van der Waals surface area contributed by atoms with E-state index in [1.165, 1.54) is 0 Å². The van der Waals surface area contributed by atoms with Gasteiger partial charge in [0.25, 0.3) is 0 Å². The average Bonchev–Trinajstić information content (AvgIpc) is 2.41. The summed E-state index contributed by atoms with van der Waals surface area (Å²) in [6.45, 7) is 4.86. The van der Waals surface area contributed by atoms with E-state index in [0.29, 0.717) is 6.42 Å². The van der Waals surface area contributed by atoms with Gasteiger partial charge in [0.05, 0.1) is 0 Å². The summed E-state index contributed by atoms with van der Waals surface area (Å²) in [6, 6.07) is 5.23. The molecule has 5 heteroatoms. The van der Waals surface area contributed by atoms with E-state index in [4.69, 9.17) is 0 Å². The van der Waals surface area contributed by atoms with Crippen LogP contribution in [0.5, 0.6) is 5.75 Å². The first kappa shape index (κ1) is 16.9. The smallest absolute Gasteiger partial charge is 0.224 e. The molecule has 1 unspecified atom stereocenters. The normalized spacial score (nSPS) is 12.2. The number of thioether (sulfide) groups is 1. The van der Waals surface area contributed by atoms with Gasteiger partial charge in [0.2, 0.25) is 5.91 Å². The number of carbonyl (C=O) groups is 1. The van der Waals surface area contributed by atoms with E-state index in [-0.39, 0.29) is 17.7 Å². The van der Waals surface area contributed by atoms with Crippen LogP contribution < -0.4 is 10.6 Å². The van der Waals surface area contributed by atoms with Crippen molar-refractivity contribution in [2.45, 2.75) is 32.7 Å². The first-order valence-electron chi connectivity index (χ1n) is 6.93. The molecule has 1 aromatic rings. The zero-order valence-corrected chi connectivity index (χ0v) is 13.2. The highest BCUT2D eigenvalue weighted by Gasteiger charge is 2.11. The highest BCUT2D eigenvalue weighted by molar-refractivity contribution is 7.98. The van der Waals surface area contributed by atoms with Crippen LogP contribution in [-0.2, 0) is 4.79 Å². The average molecular weight is 296 g/mol. The molecule has 20 heavy (non-hydrogen) atoms. The van der Waals surface area contributed by atoms with Crippen molar-refractivity contribution in [1.29, 1.82) is 0 Å². The molecule has 1 aromatic carbocycles. The summed E-state index contributed by atoms with van der Waals surface area (Å²) in [4.78, 5) is 11.6. The highest BCUT2D eigenvalue weighted by atomic mass is 32.2. The number of anilines is 1. The van der Waals surface area contributed by atoms with Crippen LogP contribution in [0.3, 0.4) is 0 Å². The van der Waals surface area contributed by atoms with Crippen molar-refractivity contribution in [3.63, 3.8) is 0 Å². The van der Waals surface area contributed by atoms with Crippen LogP contribution >= 0.6 is 11.8 Å². The molecule has 3 N–H and O–H groups in total. The molecule has 0 aliphatic heterocycles. The number of hydrogen-bond acceptors (Lipinski definition) is 4. The van der Waals surface area contributed by atoms with Gasteiger partial charge in [-0.25, -0.2) is 0 Å². The summed E-state index contributed by atoms with van der Waals surface area (Å²) in [7, 11) is 0. The van der Waals surface area contributed by atoms with Crippen molar-refractivity contribution in [3.8, 4) is 5.75 Å². The second kappa shape index (κ2) is 8.87. The highest BCUT2D eigenvalue weighted by Crippen LogP contribution is 2.27. The van der Waals surface area contributed by atoms with Crippen molar-refractivity contribution in [1.82, 2.24) is 5.32 Å². The zero-order valence-electron chi connectivity index (χ0n) is 12.4. The molecule has 0 aromatic heterocycles. The standard InChI is InChI=1S/C15H24N2O2S/c1-4-5-15(19)17-12-6-7-14(18)13(10-12)11(2)16-8-9-20-3/h6-7,10-11,16,18H,4-5,8-9H2,1-3H3,(H,17,19). The second-order valence-electron chi connectivity index (χ2n) is 4.74. The lowest BCUT2D eigenvalue weighted by molar-refractivity contribution is -0.116. The second-order valence-corrected chi connectivity index (χ2v) is 5.73. The Morgan fingerprint density at radius 1 is 1.45 bits per heavy atom. The van der Waals surface area contributed by atoms with E-state index in [9.17, 15) is 9.90 Å². The molecule has 0 radical (unpaired) electrons. The minimum absolute atomic E-state index is 0.00661. The molecule has 4 nitrogen and oxygen atoms in total. The SMILES string of the molecule is CCCC(=O)Nc1ccc(O)c(C(C)NCCSC)c1. The lowest BCUT2D eigenvalue weighted by atomic mass is 10.1. The van der Waals surface area contributed by atoms with Crippen LogP contribution in [0.2, 0.25) is 0 Å². The molecule has 112 valence electrons. The van der Waals surface area contributed by atoms with E-state index in [2.05, 4.69) is 16.9 Å². The fraction of sp³-hybridized carbons (Fsp3) is 0.533. The van der Waals surface area contributed by atoms with Crippen LogP contribution in [0.4, 0.5) is 5.69 Å². The number of carbonyl (C=O) groups excluding carboxylic acids is 1. The first-order chi connectivity index (χ1) is 9.58. The summed E-state index contributed by atoms with van der Waals surface area (Å²) in [5.41, 5.74) is 1.54. The van der Waals surface area contributed by atoms with E-state index in [0.717, 1.165) is 30.0 Å². The topological polar surface area (TPSA) is 61.4 Å². The molecule has 0 fully saturated rings. The van der Waals surface area contributed by atoms with Crippen molar-refractivity contribution in [3.05, 3.63) is 23.8 Å². The molecule has 1 rings (SSSR count). The zero-order chi connectivity index (χ0) is 15.0. The molecule has 0 heterocycles. The maximum atomic E-state index is 11.6. The predicted molar refractivity (Wildman–Crippen MR) is 86.4 cm³/mol. The lowest BCUT2D eigenvalue weighted by Gasteiger charge is -2.16. The molecule has 0 saturated carbocycles. The van der Waals surface area contributed by atoms with Crippen molar-refractivity contribution < 1.29 is 9.90 Å². The molecule has 1 atom stereocenters. The molecule has 0 saturated heterocycles. The van der Waals surface area contributed by atoms with Crippen LogP contribution in [-0.4, -0.2) is 29.6 Å². The Hall–Kier alpha value is -1.20. The third-order valence-corrected chi connectivity index (χ3v) is 3.62. The Labute approximate surface area is 125 Å². The molecule has 0 aliphatic carbocycles. The maximum Gasteiger partial charge on any atom is 0.224 e. The fourth-order valence-electron chi connectivity index (χ4n) is 1.92.